The molecule has 3 aromatic carbocycles. The van der Waals surface area contributed by atoms with E-state index >= 15 is 0 Å². The van der Waals surface area contributed by atoms with Crippen molar-refractivity contribution in [2.24, 2.45) is 0 Å². The first kappa shape index (κ1) is 28.4. The van der Waals surface area contributed by atoms with Crippen LogP contribution in [0, 0.1) is 0 Å². The minimum absolute atomic E-state index is 0.234. The van der Waals surface area contributed by atoms with Gasteiger partial charge in [-0.1, -0.05) is 30.3 Å². The summed E-state index contributed by atoms with van der Waals surface area (Å²) in [5, 5.41) is 0.715. The minimum atomic E-state index is -0.448. The van der Waals surface area contributed by atoms with Crippen LogP contribution in [0.5, 0.6) is 28.7 Å². The zero-order chi connectivity index (χ0) is 28.9. The number of hydrogen-bond acceptors (Lipinski definition) is 8. The number of benzene rings is 3. The molecule has 0 bridgehead atoms. The Morgan fingerprint density at radius 3 is 2.00 bits per heavy atom. The molecule has 1 saturated heterocycles. The Morgan fingerprint density at radius 2 is 1.41 bits per heavy atom. The van der Waals surface area contributed by atoms with Crippen LogP contribution in [0.25, 0.3) is 22.1 Å². The average Bonchev–Trinajstić information content (AvgIpc) is 3.54. The molecule has 0 saturated carbocycles. The van der Waals surface area contributed by atoms with Gasteiger partial charge in [0.05, 0.1) is 40.9 Å². The molecule has 1 atom stereocenters. The van der Waals surface area contributed by atoms with Crippen LogP contribution in [-0.4, -0.2) is 60.1 Å². The highest BCUT2D eigenvalue weighted by molar-refractivity contribution is 6.00. The highest BCUT2D eigenvalue weighted by Gasteiger charge is 2.30. The highest BCUT2D eigenvalue weighted by atomic mass is 16.5. The summed E-state index contributed by atoms with van der Waals surface area (Å²) in [6.45, 7) is 2.99. The van der Waals surface area contributed by atoms with Crippen molar-refractivity contribution in [3.8, 4) is 39.9 Å². The molecule has 4 aromatic rings. The lowest BCUT2D eigenvalue weighted by atomic mass is 9.85. The van der Waals surface area contributed by atoms with Crippen LogP contribution in [0.2, 0.25) is 0 Å². The van der Waals surface area contributed by atoms with Gasteiger partial charge in [-0.15, -0.1) is 0 Å². The second-order valence-electron chi connectivity index (χ2n) is 10.1. The van der Waals surface area contributed by atoms with Gasteiger partial charge in [0.2, 0.25) is 5.75 Å². The predicted molar refractivity (Wildman–Crippen MR) is 159 cm³/mol. The van der Waals surface area contributed by atoms with Crippen LogP contribution in [0.15, 0.2) is 63.8 Å². The number of hydrogen-bond donors (Lipinski definition) is 0. The summed E-state index contributed by atoms with van der Waals surface area (Å²) in [5.41, 5.74) is 3.31. The molecule has 0 N–H and O–H groups in total. The van der Waals surface area contributed by atoms with E-state index in [9.17, 15) is 4.79 Å². The van der Waals surface area contributed by atoms with Crippen molar-refractivity contribution in [1.82, 2.24) is 4.90 Å². The zero-order valence-electron chi connectivity index (χ0n) is 24.3. The molecule has 1 fully saturated rings. The largest absolute Gasteiger partial charge is 0.496 e. The molecular formula is C33H37NO7. The maximum atomic E-state index is 13.1. The molecule has 1 aliphatic rings. The first-order chi connectivity index (χ1) is 20.0. The van der Waals surface area contributed by atoms with Gasteiger partial charge in [-0.2, -0.15) is 0 Å². The SMILES string of the molecule is COc1cc([C@@H](CCN2CCCC2)c2c(OC)cc(OC)c3c(-c4ccccc4)cc(=O)oc23)cc(OC)c1OC. The molecule has 0 amide bonds. The maximum absolute atomic E-state index is 13.1. The molecular weight excluding hydrogens is 522 g/mol. The third-order valence-electron chi connectivity index (χ3n) is 7.88. The van der Waals surface area contributed by atoms with Crippen molar-refractivity contribution in [1.29, 1.82) is 0 Å². The smallest absolute Gasteiger partial charge is 0.336 e. The van der Waals surface area contributed by atoms with E-state index in [2.05, 4.69) is 4.90 Å². The summed E-state index contributed by atoms with van der Waals surface area (Å²) in [6.07, 6.45) is 3.13. The van der Waals surface area contributed by atoms with E-state index < -0.39 is 5.63 Å². The number of ether oxygens (including phenoxy) is 5. The van der Waals surface area contributed by atoms with Gasteiger partial charge in [0, 0.05) is 29.2 Å². The number of fused-ring (bicyclic) bond motifs is 1. The molecule has 5 rings (SSSR count). The van der Waals surface area contributed by atoms with Gasteiger partial charge in [0.1, 0.15) is 17.1 Å². The van der Waals surface area contributed by atoms with Crippen molar-refractivity contribution >= 4 is 11.0 Å². The van der Waals surface area contributed by atoms with Crippen molar-refractivity contribution < 1.29 is 28.1 Å². The van der Waals surface area contributed by atoms with E-state index in [1.54, 1.807) is 35.5 Å². The summed E-state index contributed by atoms with van der Waals surface area (Å²) in [7, 11) is 8.03. The summed E-state index contributed by atoms with van der Waals surface area (Å²) in [5.74, 6) is 2.52. The van der Waals surface area contributed by atoms with Crippen molar-refractivity contribution in [2.45, 2.75) is 25.2 Å². The molecule has 8 heteroatoms. The monoisotopic (exact) mass is 559 g/mol. The molecule has 0 unspecified atom stereocenters. The van der Waals surface area contributed by atoms with Gasteiger partial charge >= 0.3 is 5.63 Å². The first-order valence-corrected chi connectivity index (χ1v) is 13.8. The van der Waals surface area contributed by atoms with Gasteiger partial charge in [-0.3, -0.25) is 0 Å². The Bertz CT molecular complexity index is 1530. The zero-order valence-corrected chi connectivity index (χ0v) is 24.3. The predicted octanol–water partition coefficient (Wildman–Crippen LogP) is 6.12. The van der Waals surface area contributed by atoms with Crippen LogP contribution in [0.3, 0.4) is 0 Å². The van der Waals surface area contributed by atoms with Crippen LogP contribution < -0.4 is 29.3 Å². The third-order valence-corrected chi connectivity index (χ3v) is 7.88. The van der Waals surface area contributed by atoms with Gasteiger partial charge < -0.3 is 33.0 Å². The van der Waals surface area contributed by atoms with E-state index in [1.807, 2.05) is 48.5 Å². The van der Waals surface area contributed by atoms with Crippen LogP contribution >= 0.6 is 0 Å². The average molecular weight is 560 g/mol. The fourth-order valence-corrected chi connectivity index (χ4v) is 5.91. The van der Waals surface area contributed by atoms with Gasteiger partial charge in [0.15, 0.2) is 11.5 Å². The van der Waals surface area contributed by atoms with Crippen LogP contribution in [0.4, 0.5) is 0 Å². The van der Waals surface area contributed by atoms with Crippen molar-refractivity contribution in [3.63, 3.8) is 0 Å². The number of rotatable bonds is 11. The lowest BCUT2D eigenvalue weighted by Gasteiger charge is -2.26. The van der Waals surface area contributed by atoms with E-state index in [0.29, 0.717) is 39.7 Å². The summed E-state index contributed by atoms with van der Waals surface area (Å²) >= 11 is 0. The summed E-state index contributed by atoms with van der Waals surface area (Å²) < 4.78 is 34.9. The Hall–Kier alpha value is -4.17. The number of likely N-dealkylation sites (tertiary alicyclic amines) is 1. The summed E-state index contributed by atoms with van der Waals surface area (Å²) in [4.78, 5) is 15.6. The lowest BCUT2D eigenvalue weighted by molar-refractivity contribution is 0.318. The Balaban J connectivity index is 1.82. The number of methoxy groups -OCH3 is 5. The van der Waals surface area contributed by atoms with Crippen molar-refractivity contribution in [3.05, 3.63) is 76.1 Å². The van der Waals surface area contributed by atoms with Crippen molar-refractivity contribution in [2.75, 3.05) is 55.2 Å². The topological polar surface area (TPSA) is 79.6 Å². The minimum Gasteiger partial charge on any atom is -0.496 e. The molecule has 1 aliphatic heterocycles. The maximum Gasteiger partial charge on any atom is 0.336 e. The Kier molecular flexibility index (Phi) is 8.69. The summed E-state index contributed by atoms with van der Waals surface area (Å²) in [6, 6.07) is 17.1. The fraction of sp³-hybridized carbons (Fsp3) is 0.364. The quantitative estimate of drug-likeness (QED) is 0.203. The van der Waals surface area contributed by atoms with Crippen LogP contribution in [0.1, 0.15) is 36.3 Å². The van der Waals surface area contributed by atoms with Gasteiger partial charge in [-0.05, 0) is 62.2 Å². The van der Waals surface area contributed by atoms with E-state index in [-0.39, 0.29) is 5.92 Å². The van der Waals surface area contributed by atoms with E-state index in [0.717, 1.165) is 48.3 Å². The first-order valence-electron chi connectivity index (χ1n) is 13.8. The molecule has 0 radical (unpaired) electrons. The Morgan fingerprint density at radius 1 is 0.780 bits per heavy atom. The van der Waals surface area contributed by atoms with E-state index in [4.69, 9.17) is 28.1 Å². The van der Waals surface area contributed by atoms with Crippen LogP contribution in [-0.2, 0) is 0 Å². The molecule has 41 heavy (non-hydrogen) atoms. The Labute approximate surface area is 240 Å². The van der Waals surface area contributed by atoms with Gasteiger partial charge in [0.25, 0.3) is 0 Å². The second-order valence-corrected chi connectivity index (χ2v) is 10.1. The molecule has 0 spiro atoms. The number of nitrogens with zero attached hydrogens (tertiary/aromatic N) is 1. The molecule has 1 aromatic heterocycles. The molecule has 0 aliphatic carbocycles. The normalized spacial score (nSPS) is 14.2. The molecule has 216 valence electrons. The van der Waals surface area contributed by atoms with E-state index in [1.165, 1.54) is 18.9 Å². The third kappa shape index (κ3) is 5.57. The molecule has 2 heterocycles. The standard InChI is InChI=1S/C33H37NO7/c1-36-25-20-26(37-2)31-24(21-11-7-6-8-12-21)19-29(35)41-33(31)30(25)23(13-16-34-14-9-10-15-34)22-17-27(38-3)32(40-5)28(18-22)39-4/h6-8,11-12,17-20,23H,9-10,13-16H2,1-5H3/t23-/m1/s1. The second kappa shape index (κ2) is 12.6. The highest BCUT2D eigenvalue weighted by Crippen LogP contribution is 2.48. The van der Waals surface area contributed by atoms with Gasteiger partial charge in [-0.25, -0.2) is 4.79 Å². The molecule has 8 nitrogen and oxygen atoms in total. The fourth-order valence-electron chi connectivity index (χ4n) is 5.91. The lowest BCUT2D eigenvalue weighted by Crippen LogP contribution is -2.23.